The molecule has 0 radical (unpaired) electrons. The van der Waals surface area contributed by atoms with Crippen molar-refractivity contribution in [1.82, 2.24) is 20.2 Å². The summed E-state index contributed by atoms with van der Waals surface area (Å²) < 4.78 is 11.9. The van der Waals surface area contributed by atoms with E-state index in [1.807, 2.05) is 7.05 Å². The number of methoxy groups -OCH3 is 1. The predicted molar refractivity (Wildman–Crippen MR) is 68.6 cm³/mol. The number of nitrogens with one attached hydrogen (secondary N) is 2. The Labute approximate surface area is 110 Å². The molecule has 0 saturated carbocycles. The Morgan fingerprint density at radius 2 is 2.53 bits per heavy atom. The molecule has 102 valence electrons. The number of esters is 1. The van der Waals surface area contributed by atoms with Crippen molar-refractivity contribution in [1.29, 1.82) is 0 Å². The van der Waals surface area contributed by atoms with Crippen LogP contribution in [0.4, 0.5) is 0 Å². The summed E-state index contributed by atoms with van der Waals surface area (Å²) in [5, 5.41) is 5.98. The molecule has 2 N–H and O–H groups in total. The summed E-state index contributed by atoms with van der Waals surface area (Å²) in [5.74, 6) is -0.483. The van der Waals surface area contributed by atoms with Crippen LogP contribution in [-0.2, 0) is 4.74 Å². The van der Waals surface area contributed by atoms with Gasteiger partial charge in [-0.3, -0.25) is 4.57 Å². The zero-order chi connectivity index (χ0) is 13.8. The Morgan fingerprint density at radius 1 is 1.74 bits per heavy atom. The summed E-state index contributed by atoms with van der Waals surface area (Å²) in [7, 11) is 3.13. The minimum atomic E-state index is -0.483. The predicted octanol–water partition coefficient (Wildman–Crippen LogP) is 0.397. The monoisotopic (exact) mass is 264 g/mol. The lowest BCUT2D eigenvalue weighted by atomic mass is 10.2. The number of carbonyl (C=O) groups is 1. The molecule has 19 heavy (non-hydrogen) atoms. The van der Waals surface area contributed by atoms with Crippen molar-refractivity contribution in [2.75, 3.05) is 20.8 Å². The molecule has 7 nitrogen and oxygen atoms in total. The minimum absolute atomic E-state index is 0.0710. The normalized spacial score (nSPS) is 17.4. The van der Waals surface area contributed by atoms with Gasteiger partial charge in [0.2, 0.25) is 0 Å². The second-order valence-corrected chi connectivity index (χ2v) is 3.85. The third-order valence-electron chi connectivity index (χ3n) is 2.80. The first-order chi connectivity index (χ1) is 9.21. The Morgan fingerprint density at radius 3 is 3.16 bits per heavy atom. The maximum absolute atomic E-state index is 11.4. The molecule has 1 unspecified atom stereocenters. The fourth-order valence-electron chi connectivity index (χ4n) is 1.87. The first-order valence-electron chi connectivity index (χ1n) is 5.76. The SMILES string of the molecule is C=CN/C=C(\NC)C1COc2nc(C(=O)OC)cn21. The molecule has 0 aromatic carbocycles. The summed E-state index contributed by atoms with van der Waals surface area (Å²) in [5.41, 5.74) is 1.13. The van der Waals surface area contributed by atoms with Gasteiger partial charge in [0.1, 0.15) is 12.6 Å². The van der Waals surface area contributed by atoms with Gasteiger partial charge in [0.15, 0.2) is 5.69 Å². The topological polar surface area (TPSA) is 77.4 Å². The van der Waals surface area contributed by atoms with Crippen LogP contribution in [0.5, 0.6) is 6.01 Å². The van der Waals surface area contributed by atoms with E-state index in [1.54, 1.807) is 23.2 Å². The molecule has 1 aliphatic heterocycles. The lowest BCUT2D eigenvalue weighted by Gasteiger charge is -2.14. The van der Waals surface area contributed by atoms with Gasteiger partial charge < -0.3 is 20.1 Å². The lowest BCUT2D eigenvalue weighted by Crippen LogP contribution is -2.21. The molecule has 1 aromatic rings. The van der Waals surface area contributed by atoms with E-state index in [4.69, 9.17) is 4.74 Å². The number of ether oxygens (including phenoxy) is 2. The highest BCUT2D eigenvalue weighted by molar-refractivity contribution is 5.87. The highest BCUT2D eigenvalue weighted by Gasteiger charge is 2.30. The van der Waals surface area contributed by atoms with Gasteiger partial charge in [0.05, 0.1) is 12.8 Å². The van der Waals surface area contributed by atoms with Crippen molar-refractivity contribution in [2.45, 2.75) is 6.04 Å². The van der Waals surface area contributed by atoms with Crippen LogP contribution in [-0.4, -0.2) is 36.3 Å². The van der Waals surface area contributed by atoms with Gasteiger partial charge in [-0.25, -0.2) is 4.79 Å². The summed E-state index contributed by atoms with van der Waals surface area (Å²) in [6, 6.07) is 0.337. The fourth-order valence-corrected chi connectivity index (χ4v) is 1.87. The number of imidazole rings is 1. The number of fused-ring (bicyclic) bond motifs is 1. The second-order valence-electron chi connectivity index (χ2n) is 3.85. The van der Waals surface area contributed by atoms with Crippen molar-refractivity contribution < 1.29 is 14.3 Å². The van der Waals surface area contributed by atoms with Gasteiger partial charge >= 0.3 is 5.97 Å². The van der Waals surface area contributed by atoms with Gasteiger partial charge in [0, 0.05) is 19.4 Å². The third kappa shape index (κ3) is 2.40. The van der Waals surface area contributed by atoms with Crippen LogP contribution in [0.2, 0.25) is 0 Å². The lowest BCUT2D eigenvalue weighted by molar-refractivity contribution is 0.0593. The number of hydrogen-bond donors (Lipinski definition) is 2. The molecule has 0 fully saturated rings. The van der Waals surface area contributed by atoms with Gasteiger partial charge in [-0.1, -0.05) is 6.58 Å². The summed E-state index contributed by atoms with van der Waals surface area (Å²) in [6.07, 6.45) is 4.98. The fraction of sp³-hybridized carbons (Fsp3) is 0.333. The number of rotatable bonds is 5. The van der Waals surface area contributed by atoms with Crippen molar-refractivity contribution in [2.24, 2.45) is 0 Å². The molecule has 0 aliphatic carbocycles. The maximum Gasteiger partial charge on any atom is 0.358 e. The van der Waals surface area contributed by atoms with Crippen LogP contribution in [0.25, 0.3) is 0 Å². The van der Waals surface area contributed by atoms with Crippen molar-refractivity contribution >= 4 is 5.97 Å². The molecule has 0 saturated heterocycles. The summed E-state index contributed by atoms with van der Waals surface area (Å²) >= 11 is 0. The molecule has 0 spiro atoms. The molecule has 1 aromatic heterocycles. The Balaban J connectivity index is 2.27. The maximum atomic E-state index is 11.4. The smallest absolute Gasteiger partial charge is 0.358 e. The molecule has 7 heteroatoms. The van der Waals surface area contributed by atoms with E-state index in [-0.39, 0.29) is 11.7 Å². The second kappa shape index (κ2) is 5.47. The van der Waals surface area contributed by atoms with E-state index >= 15 is 0 Å². The van der Waals surface area contributed by atoms with E-state index in [1.165, 1.54) is 7.11 Å². The third-order valence-corrected chi connectivity index (χ3v) is 2.80. The number of aromatic nitrogens is 2. The Hall–Kier alpha value is -2.44. The Kier molecular flexibility index (Phi) is 3.74. The highest BCUT2D eigenvalue weighted by Crippen LogP contribution is 2.29. The highest BCUT2D eigenvalue weighted by atomic mass is 16.5. The first kappa shape index (κ1) is 13.0. The largest absolute Gasteiger partial charge is 0.464 e. The molecule has 2 heterocycles. The van der Waals surface area contributed by atoms with Gasteiger partial charge in [-0.2, -0.15) is 4.98 Å². The van der Waals surface area contributed by atoms with Crippen LogP contribution in [0, 0.1) is 0 Å². The molecular formula is C12H16N4O3. The summed E-state index contributed by atoms with van der Waals surface area (Å²) in [6.45, 7) is 4.03. The van der Waals surface area contributed by atoms with E-state index in [2.05, 4.69) is 26.9 Å². The van der Waals surface area contributed by atoms with E-state index < -0.39 is 5.97 Å². The van der Waals surface area contributed by atoms with Gasteiger partial charge in [-0.05, 0) is 6.20 Å². The van der Waals surface area contributed by atoms with Crippen LogP contribution >= 0.6 is 0 Å². The average molecular weight is 264 g/mol. The number of hydrogen-bond acceptors (Lipinski definition) is 6. The van der Waals surface area contributed by atoms with Crippen LogP contribution in [0.15, 0.2) is 30.9 Å². The quantitative estimate of drug-likeness (QED) is 0.749. The molecule has 0 amide bonds. The number of likely N-dealkylation sites (N-methyl/N-ethyl adjacent to an activating group) is 1. The molecule has 1 atom stereocenters. The minimum Gasteiger partial charge on any atom is -0.464 e. The van der Waals surface area contributed by atoms with Crippen LogP contribution in [0.1, 0.15) is 16.5 Å². The van der Waals surface area contributed by atoms with Crippen molar-refractivity contribution in [3.8, 4) is 6.01 Å². The van der Waals surface area contributed by atoms with E-state index in [0.29, 0.717) is 12.6 Å². The molecule has 0 bridgehead atoms. The molecule has 2 rings (SSSR count). The van der Waals surface area contributed by atoms with Gasteiger partial charge in [0.25, 0.3) is 6.01 Å². The van der Waals surface area contributed by atoms with Crippen LogP contribution in [0.3, 0.4) is 0 Å². The standard InChI is InChI=1S/C12H16N4O3/c1-4-14-5-8(13-2)10-7-19-12-15-9(6-16(10)12)11(17)18-3/h4-6,10,13-14H,1,7H2,2-3H3/b8-5-. The summed E-state index contributed by atoms with van der Waals surface area (Å²) in [4.78, 5) is 15.5. The number of nitrogens with zero attached hydrogens (tertiary/aromatic N) is 2. The zero-order valence-corrected chi connectivity index (χ0v) is 10.8. The molecule has 1 aliphatic rings. The van der Waals surface area contributed by atoms with E-state index in [0.717, 1.165) is 5.70 Å². The van der Waals surface area contributed by atoms with Crippen LogP contribution < -0.4 is 15.4 Å². The van der Waals surface area contributed by atoms with Gasteiger partial charge in [-0.15, -0.1) is 0 Å². The first-order valence-corrected chi connectivity index (χ1v) is 5.76. The van der Waals surface area contributed by atoms with Crippen molar-refractivity contribution in [3.63, 3.8) is 0 Å². The van der Waals surface area contributed by atoms with Crippen molar-refractivity contribution in [3.05, 3.63) is 36.6 Å². The zero-order valence-electron chi connectivity index (χ0n) is 10.8. The Bertz CT molecular complexity index is 521. The number of carbonyl (C=O) groups excluding carboxylic acids is 1. The van der Waals surface area contributed by atoms with E-state index in [9.17, 15) is 4.79 Å². The molecular weight excluding hydrogens is 248 g/mol. The average Bonchev–Trinajstić information content (AvgIpc) is 3.00.